The largest absolute Gasteiger partial charge is 0.398 e. The molecule has 88 valence electrons. The van der Waals surface area contributed by atoms with Gasteiger partial charge in [-0.3, -0.25) is 4.79 Å². The third-order valence-electron chi connectivity index (χ3n) is 2.54. The fourth-order valence-electron chi connectivity index (χ4n) is 1.23. The maximum atomic E-state index is 11.8. The second-order valence-corrected chi connectivity index (χ2v) is 4.26. The third kappa shape index (κ3) is 3.51. The smallest absolute Gasteiger partial charge is 0.176 e. The number of halogens is 1. The Morgan fingerprint density at radius 2 is 2.25 bits per heavy atom. The molecule has 1 aromatic carbocycles. The van der Waals surface area contributed by atoms with Crippen molar-refractivity contribution in [1.82, 2.24) is 5.32 Å². The number of nitrogens with one attached hydrogen (secondary N) is 1. The Bertz CT molecular complexity index is 379. The number of nitrogens with two attached hydrogens (primary N) is 1. The molecule has 0 aliphatic heterocycles. The molecule has 0 radical (unpaired) electrons. The zero-order chi connectivity index (χ0) is 12.1. The molecule has 16 heavy (non-hydrogen) atoms. The van der Waals surface area contributed by atoms with E-state index in [0.29, 0.717) is 28.9 Å². The molecule has 3 N–H and O–H groups in total. The van der Waals surface area contributed by atoms with Crippen LogP contribution in [0, 0.1) is 0 Å². The number of ketones is 1. The second-order valence-electron chi connectivity index (χ2n) is 3.85. The van der Waals surface area contributed by atoms with E-state index in [-0.39, 0.29) is 5.78 Å². The van der Waals surface area contributed by atoms with Crippen molar-refractivity contribution in [2.24, 2.45) is 0 Å². The lowest BCUT2D eigenvalue weighted by molar-refractivity contribution is 0.0987. The molecule has 0 amide bonds. The zero-order valence-electron chi connectivity index (χ0n) is 9.59. The number of Topliss-reactive ketones (excluding diaryl/α,β-unsaturated/α-hetero) is 1. The first-order chi connectivity index (χ1) is 7.54. The molecule has 0 saturated heterocycles. The first kappa shape index (κ1) is 13.0. The van der Waals surface area contributed by atoms with Gasteiger partial charge in [-0.15, -0.1) is 0 Å². The van der Waals surface area contributed by atoms with E-state index in [2.05, 4.69) is 12.2 Å². The molecule has 1 unspecified atom stereocenters. The van der Waals surface area contributed by atoms with Gasteiger partial charge in [0, 0.05) is 11.6 Å². The normalized spacial score (nSPS) is 12.4. The van der Waals surface area contributed by atoms with Gasteiger partial charge in [0.1, 0.15) is 0 Å². The van der Waals surface area contributed by atoms with E-state index in [1.165, 1.54) is 0 Å². The predicted octanol–water partition coefficient (Wildman–Crippen LogP) is 2.49. The zero-order valence-corrected chi connectivity index (χ0v) is 10.3. The van der Waals surface area contributed by atoms with Gasteiger partial charge in [0.25, 0.3) is 0 Å². The fourth-order valence-corrected chi connectivity index (χ4v) is 1.35. The van der Waals surface area contributed by atoms with Gasteiger partial charge in [0.2, 0.25) is 0 Å². The van der Waals surface area contributed by atoms with Gasteiger partial charge in [-0.1, -0.05) is 18.5 Å². The van der Waals surface area contributed by atoms with Crippen molar-refractivity contribution < 1.29 is 4.79 Å². The first-order valence-corrected chi connectivity index (χ1v) is 5.74. The minimum absolute atomic E-state index is 0.0312. The minimum Gasteiger partial charge on any atom is -0.398 e. The van der Waals surface area contributed by atoms with Crippen LogP contribution in [-0.2, 0) is 0 Å². The van der Waals surface area contributed by atoms with Crippen LogP contribution in [-0.4, -0.2) is 18.4 Å². The van der Waals surface area contributed by atoms with Gasteiger partial charge in [-0.2, -0.15) is 0 Å². The predicted molar refractivity (Wildman–Crippen MR) is 68.0 cm³/mol. The number of hydrogen-bond donors (Lipinski definition) is 2. The lowest BCUT2D eigenvalue weighted by Crippen LogP contribution is -2.30. The molecule has 0 aliphatic carbocycles. The topological polar surface area (TPSA) is 55.1 Å². The average molecular weight is 241 g/mol. The molecule has 0 aromatic heterocycles. The average Bonchev–Trinajstić information content (AvgIpc) is 2.29. The number of carbonyl (C=O) groups is 1. The summed E-state index contributed by atoms with van der Waals surface area (Å²) >= 11 is 5.78. The van der Waals surface area contributed by atoms with E-state index in [9.17, 15) is 4.79 Å². The molecule has 1 rings (SSSR count). The van der Waals surface area contributed by atoms with Crippen LogP contribution in [0.25, 0.3) is 0 Å². The summed E-state index contributed by atoms with van der Waals surface area (Å²) in [5.74, 6) is 0.0312. The van der Waals surface area contributed by atoms with Crippen molar-refractivity contribution in [2.75, 3.05) is 12.3 Å². The van der Waals surface area contributed by atoms with Gasteiger partial charge < -0.3 is 11.1 Å². The van der Waals surface area contributed by atoms with Crippen molar-refractivity contribution in [2.45, 2.75) is 26.3 Å². The highest BCUT2D eigenvalue weighted by Gasteiger charge is 2.08. The first-order valence-electron chi connectivity index (χ1n) is 5.36. The van der Waals surface area contributed by atoms with Crippen LogP contribution in [0.1, 0.15) is 30.6 Å². The van der Waals surface area contributed by atoms with Crippen molar-refractivity contribution in [3.63, 3.8) is 0 Å². The summed E-state index contributed by atoms with van der Waals surface area (Å²) in [6.45, 7) is 4.45. The quantitative estimate of drug-likeness (QED) is 0.614. The lowest BCUT2D eigenvalue weighted by atomic mass is 10.1. The third-order valence-corrected chi connectivity index (χ3v) is 2.89. The fraction of sp³-hybridized carbons (Fsp3) is 0.417. The summed E-state index contributed by atoms with van der Waals surface area (Å²) in [7, 11) is 0. The van der Waals surface area contributed by atoms with Gasteiger partial charge in [0.05, 0.1) is 17.3 Å². The molecular weight excluding hydrogens is 224 g/mol. The van der Waals surface area contributed by atoms with Gasteiger partial charge >= 0.3 is 0 Å². The van der Waals surface area contributed by atoms with Crippen molar-refractivity contribution in [3.05, 3.63) is 28.8 Å². The summed E-state index contributed by atoms with van der Waals surface area (Å²) in [5, 5.41) is 3.62. The van der Waals surface area contributed by atoms with Crippen LogP contribution >= 0.6 is 11.6 Å². The van der Waals surface area contributed by atoms with Crippen molar-refractivity contribution in [3.8, 4) is 0 Å². The number of benzene rings is 1. The summed E-state index contributed by atoms with van der Waals surface area (Å²) in [4.78, 5) is 11.8. The molecule has 1 atom stereocenters. The van der Waals surface area contributed by atoms with Crippen LogP contribution in [0.5, 0.6) is 0 Å². The number of rotatable bonds is 5. The molecule has 0 aliphatic rings. The summed E-state index contributed by atoms with van der Waals surface area (Å²) < 4.78 is 0. The van der Waals surface area contributed by atoms with Crippen molar-refractivity contribution >= 4 is 23.1 Å². The maximum Gasteiger partial charge on any atom is 0.176 e. The lowest BCUT2D eigenvalue weighted by Gasteiger charge is -2.10. The Morgan fingerprint density at radius 3 is 2.81 bits per heavy atom. The standard InChI is InChI=1S/C12H17ClN2O/c1-3-8(2)15-7-12(16)9-4-5-10(13)11(14)6-9/h4-6,8,15H,3,7,14H2,1-2H3. The molecule has 0 spiro atoms. The number of carbonyl (C=O) groups excluding carboxylic acids is 1. The molecule has 4 heteroatoms. The Morgan fingerprint density at radius 1 is 1.56 bits per heavy atom. The van der Waals surface area contributed by atoms with E-state index in [1.54, 1.807) is 18.2 Å². The number of hydrogen-bond acceptors (Lipinski definition) is 3. The van der Waals surface area contributed by atoms with E-state index in [1.807, 2.05) is 6.92 Å². The Kier molecular flexibility index (Phi) is 4.77. The van der Waals surface area contributed by atoms with E-state index >= 15 is 0 Å². The highest BCUT2D eigenvalue weighted by atomic mass is 35.5. The Balaban J connectivity index is 2.63. The number of anilines is 1. The van der Waals surface area contributed by atoms with Crippen molar-refractivity contribution in [1.29, 1.82) is 0 Å². The van der Waals surface area contributed by atoms with Gasteiger partial charge in [-0.25, -0.2) is 0 Å². The summed E-state index contributed by atoms with van der Waals surface area (Å²) in [5.41, 5.74) is 6.67. The van der Waals surface area contributed by atoms with E-state index in [4.69, 9.17) is 17.3 Å². The van der Waals surface area contributed by atoms with E-state index < -0.39 is 0 Å². The molecule has 3 nitrogen and oxygen atoms in total. The van der Waals surface area contributed by atoms with E-state index in [0.717, 1.165) is 6.42 Å². The number of nitrogen functional groups attached to an aromatic ring is 1. The molecule has 0 heterocycles. The molecule has 0 saturated carbocycles. The van der Waals surface area contributed by atoms with Gasteiger partial charge in [-0.05, 0) is 31.5 Å². The summed E-state index contributed by atoms with van der Waals surface area (Å²) in [6.07, 6.45) is 0.996. The SMILES string of the molecule is CCC(C)NCC(=O)c1ccc(Cl)c(N)c1. The molecule has 0 bridgehead atoms. The van der Waals surface area contributed by atoms with Crippen LogP contribution in [0.4, 0.5) is 5.69 Å². The Labute approximate surface area is 101 Å². The van der Waals surface area contributed by atoms with Crippen LogP contribution in [0.2, 0.25) is 5.02 Å². The highest BCUT2D eigenvalue weighted by Crippen LogP contribution is 2.19. The maximum absolute atomic E-state index is 11.8. The van der Waals surface area contributed by atoms with Crippen LogP contribution < -0.4 is 11.1 Å². The summed E-state index contributed by atoms with van der Waals surface area (Å²) in [6, 6.07) is 5.30. The molecule has 1 aromatic rings. The van der Waals surface area contributed by atoms with Crippen LogP contribution in [0.15, 0.2) is 18.2 Å². The monoisotopic (exact) mass is 240 g/mol. The highest BCUT2D eigenvalue weighted by molar-refractivity contribution is 6.33. The molecule has 0 fully saturated rings. The Hall–Kier alpha value is -1.06. The van der Waals surface area contributed by atoms with Crippen LogP contribution in [0.3, 0.4) is 0 Å². The molecular formula is C12H17ClN2O. The minimum atomic E-state index is 0.0312. The second kappa shape index (κ2) is 5.87. The van der Waals surface area contributed by atoms with Gasteiger partial charge in [0.15, 0.2) is 5.78 Å².